The Morgan fingerprint density at radius 3 is 2.89 bits per heavy atom. The van der Waals surface area contributed by atoms with Crippen LogP contribution < -0.4 is 15.8 Å². The third-order valence-corrected chi connectivity index (χ3v) is 5.62. The first-order chi connectivity index (χ1) is 13.1. The molecule has 0 bridgehead atoms. The third-order valence-electron chi connectivity index (χ3n) is 4.65. The van der Waals surface area contributed by atoms with Gasteiger partial charge in [0.1, 0.15) is 13.1 Å². The van der Waals surface area contributed by atoms with E-state index in [0.717, 1.165) is 49.9 Å². The summed E-state index contributed by atoms with van der Waals surface area (Å²) in [5, 5.41) is 4.16. The number of quaternary nitrogens is 1. The first-order valence-electron chi connectivity index (χ1n) is 9.43. The number of aromatic nitrogens is 2. The summed E-state index contributed by atoms with van der Waals surface area (Å²) in [5.74, 6) is 0.631. The standard InChI is InChI=1S/C19H26N4O3S/c1-15(24)20-7-14-27-19-21-17-6-3-2-5-16(17)18(25)23(19)9-4-8-22-10-12-26-13-11-22/h2-3,5-6H,4,7-14H2,1H3,(H,20,24)/p+1. The van der Waals surface area contributed by atoms with Crippen LogP contribution in [0.4, 0.5) is 0 Å². The number of morpholine rings is 1. The maximum atomic E-state index is 13.0. The zero-order valence-electron chi connectivity index (χ0n) is 15.7. The summed E-state index contributed by atoms with van der Waals surface area (Å²) in [6, 6.07) is 7.47. The smallest absolute Gasteiger partial charge is 0.262 e. The van der Waals surface area contributed by atoms with E-state index in [1.165, 1.54) is 23.6 Å². The summed E-state index contributed by atoms with van der Waals surface area (Å²) in [5.41, 5.74) is 0.735. The van der Waals surface area contributed by atoms with Crippen molar-refractivity contribution >= 4 is 28.6 Å². The molecule has 1 aromatic carbocycles. The molecule has 2 aromatic rings. The number of nitrogens with one attached hydrogen (secondary N) is 2. The number of ether oxygens (including phenoxy) is 1. The molecule has 2 N–H and O–H groups in total. The molecule has 146 valence electrons. The number of hydrogen-bond acceptors (Lipinski definition) is 5. The summed E-state index contributed by atoms with van der Waals surface area (Å²) < 4.78 is 7.20. The summed E-state index contributed by atoms with van der Waals surface area (Å²) in [4.78, 5) is 30.3. The largest absolute Gasteiger partial charge is 0.370 e. The Balaban J connectivity index is 1.73. The molecular weight excluding hydrogens is 364 g/mol. The van der Waals surface area contributed by atoms with Crippen molar-refractivity contribution in [2.75, 3.05) is 45.1 Å². The molecule has 7 nitrogen and oxygen atoms in total. The number of carbonyl (C=O) groups excluding carboxylic acids is 1. The second kappa shape index (κ2) is 9.87. The number of hydrogen-bond donors (Lipinski definition) is 2. The minimum Gasteiger partial charge on any atom is -0.370 e. The van der Waals surface area contributed by atoms with E-state index < -0.39 is 0 Å². The Labute approximate surface area is 163 Å². The molecule has 3 rings (SSSR count). The lowest BCUT2D eigenvalue weighted by molar-refractivity contribution is -0.908. The van der Waals surface area contributed by atoms with Crippen molar-refractivity contribution in [1.29, 1.82) is 0 Å². The molecule has 27 heavy (non-hydrogen) atoms. The van der Waals surface area contributed by atoms with Gasteiger partial charge < -0.3 is 15.0 Å². The van der Waals surface area contributed by atoms with E-state index in [-0.39, 0.29) is 11.5 Å². The number of carbonyl (C=O) groups is 1. The molecule has 8 heteroatoms. The highest BCUT2D eigenvalue weighted by atomic mass is 32.2. The predicted octanol–water partition coefficient (Wildman–Crippen LogP) is -0.0701. The second-order valence-corrected chi connectivity index (χ2v) is 7.73. The molecule has 1 aliphatic heterocycles. The van der Waals surface area contributed by atoms with Crippen molar-refractivity contribution in [1.82, 2.24) is 14.9 Å². The fourth-order valence-electron chi connectivity index (χ4n) is 3.22. The van der Waals surface area contributed by atoms with Crippen molar-refractivity contribution < 1.29 is 14.4 Å². The van der Waals surface area contributed by atoms with Crippen LogP contribution >= 0.6 is 11.8 Å². The van der Waals surface area contributed by atoms with Crippen molar-refractivity contribution in [3.05, 3.63) is 34.6 Å². The first kappa shape index (κ1) is 19.9. The Kier molecular flexibility index (Phi) is 7.25. The van der Waals surface area contributed by atoms with Gasteiger partial charge in [0, 0.05) is 32.2 Å². The van der Waals surface area contributed by atoms with Crippen molar-refractivity contribution in [3.63, 3.8) is 0 Å². The summed E-state index contributed by atoms with van der Waals surface area (Å²) >= 11 is 1.51. The van der Waals surface area contributed by atoms with Gasteiger partial charge in [0.2, 0.25) is 5.91 Å². The zero-order valence-corrected chi connectivity index (χ0v) is 16.5. The highest BCUT2D eigenvalue weighted by Crippen LogP contribution is 2.17. The molecule has 1 aromatic heterocycles. The topological polar surface area (TPSA) is 77.7 Å². The van der Waals surface area contributed by atoms with E-state index in [1.807, 2.05) is 24.3 Å². The van der Waals surface area contributed by atoms with E-state index in [2.05, 4.69) is 5.32 Å². The number of nitrogens with zero attached hydrogens (tertiary/aromatic N) is 2. The average Bonchev–Trinajstić information content (AvgIpc) is 2.68. The molecule has 1 aliphatic rings. The van der Waals surface area contributed by atoms with Gasteiger partial charge in [0.15, 0.2) is 5.16 Å². The normalized spacial score (nSPS) is 15.1. The number of thioether (sulfide) groups is 1. The summed E-state index contributed by atoms with van der Waals surface area (Å²) in [6.45, 7) is 7.44. The third kappa shape index (κ3) is 5.54. The average molecular weight is 392 g/mol. The molecule has 1 amide bonds. The van der Waals surface area contributed by atoms with Crippen LogP contribution in [0.15, 0.2) is 34.2 Å². The monoisotopic (exact) mass is 391 g/mol. The quantitative estimate of drug-likeness (QED) is 0.374. The molecule has 2 heterocycles. The van der Waals surface area contributed by atoms with Crippen LogP contribution in [-0.2, 0) is 16.1 Å². The van der Waals surface area contributed by atoms with E-state index in [9.17, 15) is 9.59 Å². The van der Waals surface area contributed by atoms with Gasteiger partial charge in [-0.2, -0.15) is 0 Å². The molecule has 0 aliphatic carbocycles. The maximum Gasteiger partial charge on any atom is 0.262 e. The lowest BCUT2D eigenvalue weighted by atomic mass is 10.2. The lowest BCUT2D eigenvalue weighted by Crippen LogP contribution is -3.14. The minimum absolute atomic E-state index is 0.0135. The van der Waals surface area contributed by atoms with Gasteiger partial charge in [0.05, 0.1) is 30.7 Å². The maximum absolute atomic E-state index is 13.0. The minimum atomic E-state index is -0.0482. The van der Waals surface area contributed by atoms with Gasteiger partial charge in [-0.05, 0) is 12.1 Å². The fourth-order valence-corrected chi connectivity index (χ4v) is 4.10. The lowest BCUT2D eigenvalue weighted by Gasteiger charge is -2.24. The van der Waals surface area contributed by atoms with Crippen molar-refractivity contribution in [3.8, 4) is 0 Å². The van der Waals surface area contributed by atoms with Gasteiger partial charge in [-0.1, -0.05) is 23.9 Å². The van der Waals surface area contributed by atoms with Gasteiger partial charge >= 0.3 is 0 Å². The molecule has 0 spiro atoms. The molecular formula is C19H27N4O3S+. The van der Waals surface area contributed by atoms with Gasteiger partial charge in [-0.15, -0.1) is 0 Å². The molecule has 0 saturated carbocycles. The highest BCUT2D eigenvalue weighted by molar-refractivity contribution is 7.99. The fraction of sp³-hybridized carbons (Fsp3) is 0.526. The zero-order chi connectivity index (χ0) is 19.1. The summed E-state index contributed by atoms with van der Waals surface area (Å²) in [7, 11) is 0. The van der Waals surface area contributed by atoms with Crippen molar-refractivity contribution in [2.45, 2.75) is 25.0 Å². The van der Waals surface area contributed by atoms with Gasteiger partial charge in [0.25, 0.3) is 5.56 Å². The Morgan fingerprint density at radius 1 is 1.33 bits per heavy atom. The van der Waals surface area contributed by atoms with Crippen molar-refractivity contribution in [2.24, 2.45) is 0 Å². The van der Waals surface area contributed by atoms with Crippen LogP contribution in [-0.4, -0.2) is 60.6 Å². The van der Waals surface area contributed by atoms with E-state index in [4.69, 9.17) is 9.72 Å². The van der Waals surface area contributed by atoms with Crippen LogP contribution in [0, 0.1) is 0 Å². The number of fused-ring (bicyclic) bond motifs is 1. The van der Waals surface area contributed by atoms with E-state index in [0.29, 0.717) is 24.2 Å². The first-order valence-corrected chi connectivity index (χ1v) is 10.4. The van der Waals surface area contributed by atoms with Crippen LogP contribution in [0.2, 0.25) is 0 Å². The highest BCUT2D eigenvalue weighted by Gasteiger charge is 2.15. The van der Waals surface area contributed by atoms with Crippen LogP contribution in [0.1, 0.15) is 13.3 Å². The number of para-hydroxylation sites is 1. The Bertz CT molecular complexity index is 833. The SMILES string of the molecule is CC(=O)NCCSc1nc2ccccc2c(=O)n1CCC[NH+]1CCOCC1. The number of rotatable bonds is 8. The van der Waals surface area contributed by atoms with Crippen LogP contribution in [0.5, 0.6) is 0 Å². The molecule has 0 unspecified atom stereocenters. The number of amides is 1. The Hall–Kier alpha value is -1.90. The van der Waals surface area contributed by atoms with E-state index in [1.54, 1.807) is 4.57 Å². The van der Waals surface area contributed by atoms with Crippen LogP contribution in [0.25, 0.3) is 10.9 Å². The molecule has 1 fully saturated rings. The molecule has 0 radical (unpaired) electrons. The van der Waals surface area contributed by atoms with E-state index >= 15 is 0 Å². The molecule has 1 saturated heterocycles. The second-order valence-electron chi connectivity index (χ2n) is 6.67. The molecule has 0 atom stereocenters. The van der Waals surface area contributed by atoms with Gasteiger partial charge in [-0.3, -0.25) is 14.2 Å². The summed E-state index contributed by atoms with van der Waals surface area (Å²) in [6.07, 6.45) is 0.925. The predicted molar refractivity (Wildman–Crippen MR) is 106 cm³/mol. The van der Waals surface area contributed by atoms with Gasteiger partial charge in [-0.25, -0.2) is 4.98 Å². The van der Waals surface area contributed by atoms with Crippen LogP contribution in [0.3, 0.4) is 0 Å². The Morgan fingerprint density at radius 2 is 2.11 bits per heavy atom. The number of benzene rings is 1.